The van der Waals surface area contributed by atoms with E-state index in [0.717, 1.165) is 0 Å². The second-order valence-electron chi connectivity index (χ2n) is 3.25. The SMILES string of the molecule is Clc1cc(C#Cc2cc(Cl)nc(Cl)c2)cc(Cl)n1. The van der Waals surface area contributed by atoms with Gasteiger partial charge in [-0.1, -0.05) is 58.2 Å². The Hall–Kier alpha value is -0.980. The van der Waals surface area contributed by atoms with Crippen molar-refractivity contribution < 1.29 is 0 Å². The third-order valence-corrected chi connectivity index (χ3v) is 2.65. The molecule has 0 atom stereocenters. The quantitative estimate of drug-likeness (QED) is 0.528. The summed E-state index contributed by atoms with van der Waals surface area (Å²) in [6.45, 7) is 0. The number of aromatic nitrogens is 2. The van der Waals surface area contributed by atoms with E-state index in [1.165, 1.54) is 0 Å². The fourth-order valence-corrected chi connectivity index (χ4v) is 2.14. The van der Waals surface area contributed by atoms with Crippen LogP contribution in [0, 0.1) is 11.8 Å². The van der Waals surface area contributed by atoms with E-state index >= 15 is 0 Å². The Balaban J connectivity index is 2.36. The van der Waals surface area contributed by atoms with Crippen molar-refractivity contribution >= 4 is 46.4 Å². The van der Waals surface area contributed by atoms with Crippen molar-refractivity contribution in [3.63, 3.8) is 0 Å². The maximum Gasteiger partial charge on any atom is 0.132 e. The summed E-state index contributed by atoms with van der Waals surface area (Å²) in [4.78, 5) is 7.66. The Morgan fingerprint density at radius 2 is 0.889 bits per heavy atom. The molecule has 0 unspecified atom stereocenters. The topological polar surface area (TPSA) is 25.8 Å². The highest BCUT2D eigenvalue weighted by Gasteiger charge is 1.98. The Labute approximate surface area is 124 Å². The Kier molecular flexibility index (Phi) is 4.31. The molecule has 0 aliphatic carbocycles. The van der Waals surface area contributed by atoms with E-state index in [1.54, 1.807) is 24.3 Å². The van der Waals surface area contributed by atoms with E-state index in [2.05, 4.69) is 21.8 Å². The predicted octanol–water partition coefficient (Wildman–Crippen LogP) is 4.49. The molecule has 0 saturated heterocycles. The smallest absolute Gasteiger partial charge is 0.132 e. The second kappa shape index (κ2) is 5.77. The maximum atomic E-state index is 5.77. The highest BCUT2D eigenvalue weighted by molar-refractivity contribution is 6.33. The van der Waals surface area contributed by atoms with Crippen LogP contribution in [0.4, 0.5) is 0 Å². The summed E-state index contributed by atoms with van der Waals surface area (Å²) in [7, 11) is 0. The van der Waals surface area contributed by atoms with Crippen molar-refractivity contribution in [2.45, 2.75) is 0 Å². The minimum atomic E-state index is 0.289. The lowest BCUT2D eigenvalue weighted by atomic mass is 10.2. The van der Waals surface area contributed by atoms with Crippen molar-refractivity contribution in [1.82, 2.24) is 9.97 Å². The summed E-state index contributed by atoms with van der Waals surface area (Å²) in [6, 6.07) is 6.46. The molecule has 0 radical (unpaired) electrons. The number of pyridine rings is 2. The zero-order valence-electron chi connectivity index (χ0n) is 8.72. The molecule has 6 heteroatoms. The van der Waals surface area contributed by atoms with Crippen LogP contribution >= 0.6 is 46.4 Å². The molecule has 2 rings (SSSR count). The van der Waals surface area contributed by atoms with Gasteiger partial charge in [-0.15, -0.1) is 0 Å². The van der Waals surface area contributed by atoms with Gasteiger partial charge in [0.05, 0.1) is 0 Å². The number of halogens is 4. The van der Waals surface area contributed by atoms with Crippen LogP contribution in [0.2, 0.25) is 20.6 Å². The largest absolute Gasteiger partial charge is 0.224 e. The van der Waals surface area contributed by atoms with Crippen LogP contribution in [-0.2, 0) is 0 Å². The summed E-state index contributed by atoms with van der Waals surface area (Å²) in [5, 5.41) is 1.16. The van der Waals surface area contributed by atoms with E-state index in [0.29, 0.717) is 11.1 Å². The van der Waals surface area contributed by atoms with Gasteiger partial charge < -0.3 is 0 Å². The van der Waals surface area contributed by atoms with Gasteiger partial charge >= 0.3 is 0 Å². The van der Waals surface area contributed by atoms with Gasteiger partial charge in [0.15, 0.2) is 0 Å². The van der Waals surface area contributed by atoms with Crippen LogP contribution in [-0.4, -0.2) is 9.97 Å². The molecule has 90 valence electrons. The molecule has 0 saturated carbocycles. The number of hydrogen-bond donors (Lipinski definition) is 0. The van der Waals surface area contributed by atoms with Gasteiger partial charge in [-0.2, -0.15) is 0 Å². The summed E-state index contributed by atoms with van der Waals surface area (Å²) < 4.78 is 0. The van der Waals surface area contributed by atoms with Crippen molar-refractivity contribution in [2.24, 2.45) is 0 Å². The molecule has 2 nitrogen and oxygen atoms in total. The molecule has 0 aromatic carbocycles. The first-order valence-corrected chi connectivity index (χ1v) is 6.22. The first kappa shape index (κ1) is 13.5. The zero-order valence-corrected chi connectivity index (χ0v) is 11.7. The van der Waals surface area contributed by atoms with E-state index in [4.69, 9.17) is 46.4 Å². The predicted molar refractivity (Wildman–Crippen MR) is 74.5 cm³/mol. The molecule has 2 aromatic heterocycles. The van der Waals surface area contributed by atoms with Crippen molar-refractivity contribution in [3.8, 4) is 11.8 Å². The summed E-state index contributed by atoms with van der Waals surface area (Å²) in [6.07, 6.45) is 0. The third-order valence-electron chi connectivity index (χ3n) is 1.88. The van der Waals surface area contributed by atoms with Gasteiger partial charge in [0, 0.05) is 11.1 Å². The molecule has 0 bridgehead atoms. The van der Waals surface area contributed by atoms with Gasteiger partial charge in [0.25, 0.3) is 0 Å². The van der Waals surface area contributed by atoms with Crippen molar-refractivity contribution in [1.29, 1.82) is 0 Å². The van der Waals surface area contributed by atoms with Gasteiger partial charge in [-0.05, 0) is 24.3 Å². The van der Waals surface area contributed by atoms with Crippen LogP contribution in [0.25, 0.3) is 0 Å². The molecule has 0 spiro atoms. The van der Waals surface area contributed by atoms with Crippen LogP contribution in [0.3, 0.4) is 0 Å². The van der Waals surface area contributed by atoms with Gasteiger partial charge in [0.1, 0.15) is 20.6 Å². The molecule has 0 N–H and O–H groups in total. The summed E-state index contributed by atoms with van der Waals surface area (Å²) in [5.74, 6) is 5.79. The van der Waals surface area contributed by atoms with Crippen LogP contribution in [0.1, 0.15) is 11.1 Å². The van der Waals surface area contributed by atoms with Crippen molar-refractivity contribution in [3.05, 3.63) is 56.0 Å². The standard InChI is InChI=1S/C12H4Cl4N2/c13-9-3-7(4-10(14)17-9)1-2-8-5-11(15)18-12(16)6-8/h3-6H. The number of rotatable bonds is 0. The Morgan fingerprint density at radius 3 is 1.17 bits per heavy atom. The lowest BCUT2D eigenvalue weighted by molar-refractivity contribution is 1.31. The molecule has 0 aliphatic rings. The number of hydrogen-bond acceptors (Lipinski definition) is 2. The Bertz CT molecular complexity index is 563. The molecule has 2 heterocycles. The van der Waals surface area contributed by atoms with Crippen LogP contribution < -0.4 is 0 Å². The van der Waals surface area contributed by atoms with E-state index in [1.807, 2.05) is 0 Å². The third kappa shape index (κ3) is 3.76. The zero-order chi connectivity index (χ0) is 13.1. The number of nitrogens with zero attached hydrogens (tertiary/aromatic N) is 2. The van der Waals surface area contributed by atoms with Gasteiger partial charge in [-0.25, -0.2) is 9.97 Å². The molecule has 18 heavy (non-hydrogen) atoms. The lowest BCUT2D eigenvalue weighted by Crippen LogP contribution is -1.83. The molecule has 0 amide bonds. The molecule has 0 fully saturated rings. The molecular weight excluding hydrogens is 314 g/mol. The minimum absolute atomic E-state index is 0.289. The van der Waals surface area contributed by atoms with Gasteiger partial charge in [-0.3, -0.25) is 0 Å². The normalized spacial score (nSPS) is 9.78. The summed E-state index contributed by atoms with van der Waals surface area (Å²) in [5.41, 5.74) is 1.31. The lowest BCUT2D eigenvalue weighted by Gasteiger charge is -1.95. The molecular formula is C12H4Cl4N2. The fraction of sp³-hybridized carbons (Fsp3) is 0. The maximum absolute atomic E-state index is 5.77. The first-order valence-electron chi connectivity index (χ1n) is 4.71. The highest BCUT2D eigenvalue weighted by atomic mass is 35.5. The van der Waals surface area contributed by atoms with Gasteiger partial charge in [0.2, 0.25) is 0 Å². The average Bonchev–Trinajstić information content (AvgIpc) is 2.23. The minimum Gasteiger partial charge on any atom is -0.224 e. The molecule has 2 aromatic rings. The van der Waals surface area contributed by atoms with Crippen LogP contribution in [0.5, 0.6) is 0 Å². The van der Waals surface area contributed by atoms with Crippen molar-refractivity contribution in [2.75, 3.05) is 0 Å². The highest BCUT2D eigenvalue weighted by Crippen LogP contribution is 2.15. The second-order valence-corrected chi connectivity index (χ2v) is 4.80. The van der Waals surface area contributed by atoms with E-state index < -0.39 is 0 Å². The average molecular weight is 318 g/mol. The first-order chi connectivity index (χ1) is 8.52. The van der Waals surface area contributed by atoms with Crippen LogP contribution in [0.15, 0.2) is 24.3 Å². The monoisotopic (exact) mass is 316 g/mol. The fourth-order valence-electron chi connectivity index (χ4n) is 1.22. The van der Waals surface area contributed by atoms with E-state index in [9.17, 15) is 0 Å². The summed E-state index contributed by atoms with van der Waals surface area (Å²) >= 11 is 23.1. The Morgan fingerprint density at radius 1 is 0.611 bits per heavy atom. The molecule has 0 aliphatic heterocycles. The van der Waals surface area contributed by atoms with E-state index in [-0.39, 0.29) is 20.6 Å².